The fourth-order valence-electron chi connectivity index (χ4n) is 4.74. The monoisotopic (exact) mass is 533 g/mol. The Bertz CT molecular complexity index is 1300. The molecule has 5 rings (SSSR count). The third-order valence-electron chi connectivity index (χ3n) is 6.55. The van der Waals surface area contributed by atoms with Gasteiger partial charge in [-0.3, -0.25) is 4.40 Å². The Morgan fingerprint density at radius 2 is 1.92 bits per heavy atom. The normalized spacial score (nSPS) is 20.7. The Kier molecular flexibility index (Phi) is 6.78. The summed E-state index contributed by atoms with van der Waals surface area (Å²) in [6.07, 6.45) is 0.189. The fourth-order valence-corrected chi connectivity index (χ4v) is 4.74. The van der Waals surface area contributed by atoms with Crippen LogP contribution in [-0.2, 0) is 10.9 Å². The summed E-state index contributed by atoms with van der Waals surface area (Å²) in [5.41, 5.74) is -0.958. The number of carbonyl (C=O) groups is 1. The minimum absolute atomic E-state index is 0.0549. The molecule has 38 heavy (non-hydrogen) atoms. The van der Waals surface area contributed by atoms with E-state index in [2.05, 4.69) is 25.5 Å². The van der Waals surface area contributed by atoms with Gasteiger partial charge >= 0.3 is 12.3 Å². The maximum Gasteiger partial charge on any atom is 0.423 e. The van der Waals surface area contributed by atoms with E-state index in [1.54, 1.807) is 20.8 Å². The van der Waals surface area contributed by atoms with Crippen molar-refractivity contribution < 1.29 is 27.4 Å². The molecular formula is C25H30F3N7O3. The zero-order valence-electron chi connectivity index (χ0n) is 21.4. The molecule has 1 aliphatic carbocycles. The second-order valence-electron chi connectivity index (χ2n) is 10.7. The van der Waals surface area contributed by atoms with E-state index < -0.39 is 35.4 Å². The lowest BCUT2D eigenvalue weighted by atomic mass is 9.85. The van der Waals surface area contributed by atoms with Crippen LogP contribution in [0.3, 0.4) is 0 Å². The summed E-state index contributed by atoms with van der Waals surface area (Å²) in [6.45, 7) is 5.44. The molecule has 2 aliphatic rings. The SMILES string of the molecule is CC(C)(C)OC(=O)N1CC(Oc2nc(N[C@@H]3CCC[C@H](c4nnc5ccccn45)C3)ncc2C(F)(F)F)C1. The highest BCUT2D eigenvalue weighted by Gasteiger charge is 2.40. The molecule has 0 radical (unpaired) electrons. The highest BCUT2D eigenvalue weighted by atomic mass is 19.4. The summed E-state index contributed by atoms with van der Waals surface area (Å²) in [4.78, 5) is 21.5. The number of halogens is 3. The second kappa shape index (κ2) is 9.91. The number of alkyl halides is 3. The highest BCUT2D eigenvalue weighted by molar-refractivity contribution is 5.69. The molecule has 3 aromatic heterocycles. The first-order valence-electron chi connectivity index (χ1n) is 12.6. The third-order valence-corrected chi connectivity index (χ3v) is 6.55. The second-order valence-corrected chi connectivity index (χ2v) is 10.7. The molecule has 1 amide bonds. The number of pyridine rings is 1. The van der Waals surface area contributed by atoms with E-state index in [1.165, 1.54) is 4.90 Å². The van der Waals surface area contributed by atoms with Gasteiger partial charge in [0.2, 0.25) is 11.8 Å². The number of carbonyl (C=O) groups excluding carboxylic acids is 1. The Labute approximate surface area is 217 Å². The number of hydrogen-bond donors (Lipinski definition) is 1. The van der Waals surface area contributed by atoms with E-state index in [0.29, 0.717) is 6.42 Å². The summed E-state index contributed by atoms with van der Waals surface area (Å²) < 4.78 is 53.8. The standard InChI is InChI=1S/C25H30F3N7O3/c1-24(2,3)38-23(36)34-13-17(14-34)37-21-18(25(26,27)28)12-29-22(31-21)30-16-8-6-7-15(11-16)20-33-32-19-9-4-5-10-35(19)20/h4-5,9-10,12,15-17H,6-8,11,13-14H2,1-3H3,(H,29,30,31)/t15-,16+/m0/s1. The molecule has 204 valence electrons. The van der Waals surface area contributed by atoms with Gasteiger partial charge in [-0.25, -0.2) is 9.78 Å². The van der Waals surface area contributed by atoms with Crippen LogP contribution in [-0.4, -0.2) is 66.4 Å². The quantitative estimate of drug-likeness (QED) is 0.504. The highest BCUT2D eigenvalue weighted by Crippen LogP contribution is 2.37. The molecule has 0 unspecified atom stereocenters. The Balaban J connectivity index is 1.26. The molecule has 10 nitrogen and oxygen atoms in total. The number of aromatic nitrogens is 5. The van der Waals surface area contributed by atoms with E-state index in [1.807, 2.05) is 28.8 Å². The number of ether oxygens (including phenoxy) is 2. The van der Waals surface area contributed by atoms with Gasteiger partial charge in [0.05, 0.1) is 13.1 Å². The predicted octanol–water partition coefficient (Wildman–Crippen LogP) is 4.67. The summed E-state index contributed by atoms with van der Waals surface area (Å²) in [6, 6.07) is 5.66. The molecule has 0 spiro atoms. The third kappa shape index (κ3) is 5.76. The van der Waals surface area contributed by atoms with Gasteiger partial charge in [0.15, 0.2) is 5.65 Å². The van der Waals surface area contributed by atoms with Crippen LogP contribution in [0.1, 0.15) is 63.8 Å². The summed E-state index contributed by atoms with van der Waals surface area (Å²) in [7, 11) is 0. The van der Waals surface area contributed by atoms with Crippen LogP contribution in [0.5, 0.6) is 5.88 Å². The lowest BCUT2D eigenvalue weighted by molar-refractivity contribution is -0.140. The van der Waals surface area contributed by atoms with Crippen LogP contribution in [0.2, 0.25) is 0 Å². The molecule has 1 saturated heterocycles. The average Bonchev–Trinajstić information content (AvgIpc) is 3.24. The number of amides is 1. The van der Waals surface area contributed by atoms with Crippen molar-refractivity contribution in [3.05, 3.63) is 42.0 Å². The van der Waals surface area contributed by atoms with Crippen LogP contribution < -0.4 is 10.1 Å². The van der Waals surface area contributed by atoms with Gasteiger partial charge in [0, 0.05) is 24.4 Å². The summed E-state index contributed by atoms with van der Waals surface area (Å²) in [5, 5.41) is 11.8. The van der Waals surface area contributed by atoms with Crippen molar-refractivity contribution >= 4 is 17.7 Å². The molecule has 4 heterocycles. The molecule has 13 heteroatoms. The van der Waals surface area contributed by atoms with Crippen molar-refractivity contribution in [2.45, 2.75) is 76.3 Å². The van der Waals surface area contributed by atoms with Gasteiger partial charge in [-0.05, 0) is 52.2 Å². The number of nitrogens with zero attached hydrogens (tertiary/aromatic N) is 6. The number of hydrogen-bond acceptors (Lipinski definition) is 8. The van der Waals surface area contributed by atoms with Crippen molar-refractivity contribution in [3.63, 3.8) is 0 Å². The maximum atomic E-state index is 13.7. The number of nitrogens with one attached hydrogen (secondary N) is 1. The predicted molar refractivity (Wildman–Crippen MR) is 131 cm³/mol. The Morgan fingerprint density at radius 1 is 1.13 bits per heavy atom. The smallest absolute Gasteiger partial charge is 0.423 e. The first-order valence-corrected chi connectivity index (χ1v) is 12.6. The van der Waals surface area contributed by atoms with E-state index in [9.17, 15) is 18.0 Å². The van der Waals surface area contributed by atoms with E-state index in [4.69, 9.17) is 9.47 Å². The van der Waals surface area contributed by atoms with Crippen molar-refractivity contribution in [1.82, 2.24) is 29.5 Å². The molecule has 1 saturated carbocycles. The zero-order chi connectivity index (χ0) is 27.1. The Hall–Kier alpha value is -3.64. The Morgan fingerprint density at radius 3 is 2.66 bits per heavy atom. The number of anilines is 1. The molecule has 1 N–H and O–H groups in total. The number of likely N-dealkylation sites (tertiary alicyclic amines) is 1. The maximum absolute atomic E-state index is 13.7. The summed E-state index contributed by atoms with van der Waals surface area (Å²) in [5.74, 6) is 0.509. The van der Waals surface area contributed by atoms with Gasteiger partial charge in [-0.15, -0.1) is 10.2 Å². The molecule has 1 aliphatic heterocycles. The van der Waals surface area contributed by atoms with Gasteiger partial charge in [0.25, 0.3) is 0 Å². The fraction of sp³-hybridized carbons (Fsp3) is 0.560. The molecule has 0 aromatic carbocycles. The van der Waals surface area contributed by atoms with Crippen LogP contribution in [0, 0.1) is 0 Å². The van der Waals surface area contributed by atoms with Crippen LogP contribution in [0.15, 0.2) is 30.6 Å². The molecular weight excluding hydrogens is 503 g/mol. The molecule has 2 atom stereocenters. The van der Waals surface area contributed by atoms with E-state index in [-0.39, 0.29) is 31.0 Å². The zero-order valence-corrected chi connectivity index (χ0v) is 21.4. The number of fused-ring (bicyclic) bond motifs is 1. The van der Waals surface area contributed by atoms with Gasteiger partial charge in [-0.1, -0.05) is 12.5 Å². The average molecular weight is 534 g/mol. The van der Waals surface area contributed by atoms with E-state index in [0.717, 1.165) is 36.9 Å². The minimum Gasteiger partial charge on any atom is -0.470 e. The van der Waals surface area contributed by atoms with Gasteiger partial charge in [0.1, 0.15) is 23.1 Å². The first-order chi connectivity index (χ1) is 18.0. The van der Waals surface area contributed by atoms with Crippen molar-refractivity contribution in [2.75, 3.05) is 18.4 Å². The van der Waals surface area contributed by atoms with E-state index >= 15 is 0 Å². The van der Waals surface area contributed by atoms with Crippen LogP contribution >= 0.6 is 0 Å². The molecule has 0 bridgehead atoms. The van der Waals surface area contributed by atoms with Gasteiger partial charge < -0.3 is 19.7 Å². The van der Waals surface area contributed by atoms with Crippen LogP contribution in [0.4, 0.5) is 23.9 Å². The first kappa shape index (κ1) is 26.0. The lowest BCUT2D eigenvalue weighted by Crippen LogP contribution is -2.57. The number of rotatable bonds is 5. The summed E-state index contributed by atoms with van der Waals surface area (Å²) >= 11 is 0. The van der Waals surface area contributed by atoms with Crippen molar-refractivity contribution in [2.24, 2.45) is 0 Å². The van der Waals surface area contributed by atoms with Gasteiger partial charge in [-0.2, -0.15) is 18.2 Å². The van der Waals surface area contributed by atoms with Crippen molar-refractivity contribution in [1.29, 1.82) is 0 Å². The lowest BCUT2D eigenvalue weighted by Gasteiger charge is -2.39. The largest absolute Gasteiger partial charge is 0.470 e. The molecule has 3 aromatic rings. The molecule has 2 fully saturated rings. The topological polar surface area (TPSA) is 107 Å². The minimum atomic E-state index is -4.69. The van der Waals surface area contributed by atoms with Crippen LogP contribution in [0.25, 0.3) is 5.65 Å². The van der Waals surface area contributed by atoms with Crippen molar-refractivity contribution in [3.8, 4) is 5.88 Å².